The van der Waals surface area contributed by atoms with Crippen LogP contribution in [0.3, 0.4) is 0 Å². The number of imidazole rings is 1. The molecular formula is C17H23N3. The fourth-order valence-electron chi connectivity index (χ4n) is 3.33. The SMILES string of the molecule is Cc1cc(C)c(Cn2cnc3c2CCNC3C)c(C)c1. The summed E-state index contributed by atoms with van der Waals surface area (Å²) < 4.78 is 2.33. The van der Waals surface area contributed by atoms with Crippen LogP contribution in [0.2, 0.25) is 0 Å². The molecule has 0 saturated carbocycles. The Hall–Kier alpha value is -1.61. The Morgan fingerprint density at radius 1 is 1.25 bits per heavy atom. The van der Waals surface area contributed by atoms with Crippen LogP contribution < -0.4 is 5.32 Å². The fraction of sp³-hybridized carbons (Fsp3) is 0.471. The van der Waals surface area contributed by atoms with E-state index >= 15 is 0 Å². The van der Waals surface area contributed by atoms with Gasteiger partial charge in [0.25, 0.3) is 0 Å². The third kappa shape index (κ3) is 2.27. The average molecular weight is 269 g/mol. The molecule has 1 atom stereocenters. The van der Waals surface area contributed by atoms with E-state index in [9.17, 15) is 0 Å². The van der Waals surface area contributed by atoms with Gasteiger partial charge in [-0.2, -0.15) is 0 Å². The molecule has 2 heterocycles. The van der Waals surface area contributed by atoms with Crippen LogP contribution in [0, 0.1) is 20.8 Å². The van der Waals surface area contributed by atoms with Crippen LogP contribution in [-0.4, -0.2) is 16.1 Å². The highest BCUT2D eigenvalue weighted by Crippen LogP contribution is 2.23. The second-order valence-electron chi connectivity index (χ2n) is 6.01. The molecule has 3 heteroatoms. The first-order valence-corrected chi connectivity index (χ1v) is 7.40. The molecule has 0 radical (unpaired) electrons. The maximum Gasteiger partial charge on any atom is 0.0955 e. The lowest BCUT2D eigenvalue weighted by atomic mass is 9.99. The zero-order chi connectivity index (χ0) is 14.3. The maximum atomic E-state index is 4.61. The Balaban J connectivity index is 1.97. The van der Waals surface area contributed by atoms with E-state index in [4.69, 9.17) is 0 Å². The first kappa shape index (κ1) is 13.4. The van der Waals surface area contributed by atoms with Gasteiger partial charge in [-0.3, -0.25) is 0 Å². The Labute approximate surface area is 121 Å². The van der Waals surface area contributed by atoms with Crippen molar-refractivity contribution in [3.63, 3.8) is 0 Å². The topological polar surface area (TPSA) is 29.9 Å². The minimum atomic E-state index is 0.375. The Morgan fingerprint density at radius 2 is 1.95 bits per heavy atom. The van der Waals surface area contributed by atoms with Gasteiger partial charge in [0.1, 0.15) is 0 Å². The summed E-state index contributed by atoms with van der Waals surface area (Å²) in [6.45, 7) is 10.8. The second kappa shape index (κ2) is 5.06. The summed E-state index contributed by atoms with van der Waals surface area (Å²) in [5.74, 6) is 0. The molecule has 20 heavy (non-hydrogen) atoms. The molecule has 0 saturated heterocycles. The van der Waals surface area contributed by atoms with Crippen LogP contribution in [0.15, 0.2) is 18.5 Å². The maximum absolute atomic E-state index is 4.61. The first-order chi connectivity index (χ1) is 9.56. The van der Waals surface area contributed by atoms with Gasteiger partial charge in [0.15, 0.2) is 0 Å². The largest absolute Gasteiger partial charge is 0.330 e. The molecule has 0 spiro atoms. The van der Waals surface area contributed by atoms with Gasteiger partial charge in [0.2, 0.25) is 0 Å². The highest BCUT2D eigenvalue weighted by molar-refractivity contribution is 5.38. The van der Waals surface area contributed by atoms with Gasteiger partial charge in [0, 0.05) is 31.2 Å². The molecule has 2 aromatic rings. The van der Waals surface area contributed by atoms with E-state index in [2.05, 4.69) is 54.7 Å². The summed E-state index contributed by atoms with van der Waals surface area (Å²) in [4.78, 5) is 4.61. The van der Waals surface area contributed by atoms with Crippen molar-refractivity contribution in [1.82, 2.24) is 14.9 Å². The standard InChI is InChI=1S/C17H23N3/c1-11-7-12(2)15(13(3)8-11)9-20-10-19-17-14(4)18-6-5-16(17)20/h7-8,10,14,18H,5-6,9H2,1-4H3. The van der Waals surface area contributed by atoms with Crippen LogP contribution in [0.5, 0.6) is 0 Å². The van der Waals surface area contributed by atoms with Gasteiger partial charge in [0.05, 0.1) is 12.0 Å². The summed E-state index contributed by atoms with van der Waals surface area (Å²) in [5.41, 5.74) is 8.16. The summed E-state index contributed by atoms with van der Waals surface area (Å²) in [5, 5.41) is 3.47. The lowest BCUT2D eigenvalue weighted by Crippen LogP contribution is -2.29. The summed E-state index contributed by atoms with van der Waals surface area (Å²) in [7, 11) is 0. The number of nitrogens with zero attached hydrogens (tertiary/aromatic N) is 2. The molecule has 3 rings (SSSR count). The quantitative estimate of drug-likeness (QED) is 0.908. The van der Waals surface area contributed by atoms with Crippen LogP contribution >= 0.6 is 0 Å². The Kier molecular flexibility index (Phi) is 3.38. The van der Waals surface area contributed by atoms with E-state index in [0.29, 0.717) is 6.04 Å². The molecule has 1 N–H and O–H groups in total. The number of fused-ring (bicyclic) bond motifs is 1. The van der Waals surface area contributed by atoms with Gasteiger partial charge in [-0.15, -0.1) is 0 Å². The fourth-order valence-corrected chi connectivity index (χ4v) is 3.33. The van der Waals surface area contributed by atoms with Crippen LogP contribution in [0.25, 0.3) is 0 Å². The predicted molar refractivity (Wildman–Crippen MR) is 82.1 cm³/mol. The molecule has 1 aliphatic heterocycles. The lowest BCUT2D eigenvalue weighted by molar-refractivity contribution is 0.516. The lowest BCUT2D eigenvalue weighted by Gasteiger charge is -2.21. The van der Waals surface area contributed by atoms with E-state index < -0.39 is 0 Å². The van der Waals surface area contributed by atoms with Crippen molar-refractivity contribution < 1.29 is 0 Å². The Bertz CT molecular complexity index is 617. The highest BCUT2D eigenvalue weighted by Gasteiger charge is 2.21. The molecule has 1 aromatic heterocycles. The molecule has 1 aromatic carbocycles. The van der Waals surface area contributed by atoms with E-state index in [1.807, 2.05) is 6.33 Å². The van der Waals surface area contributed by atoms with E-state index in [1.165, 1.54) is 33.6 Å². The van der Waals surface area contributed by atoms with E-state index in [-0.39, 0.29) is 0 Å². The molecule has 106 valence electrons. The number of aryl methyl sites for hydroxylation is 3. The van der Waals surface area contributed by atoms with Crippen molar-refractivity contribution in [3.05, 3.63) is 52.1 Å². The zero-order valence-corrected chi connectivity index (χ0v) is 12.8. The summed E-state index contributed by atoms with van der Waals surface area (Å²) in [6.07, 6.45) is 3.08. The summed E-state index contributed by atoms with van der Waals surface area (Å²) in [6, 6.07) is 4.92. The Morgan fingerprint density at radius 3 is 2.65 bits per heavy atom. The number of benzene rings is 1. The van der Waals surface area contributed by atoms with Crippen molar-refractivity contribution in [3.8, 4) is 0 Å². The number of hydrogen-bond donors (Lipinski definition) is 1. The van der Waals surface area contributed by atoms with Crippen molar-refractivity contribution in [1.29, 1.82) is 0 Å². The minimum absolute atomic E-state index is 0.375. The normalized spacial score (nSPS) is 18.1. The van der Waals surface area contributed by atoms with Gasteiger partial charge in [-0.05, 0) is 44.4 Å². The minimum Gasteiger partial charge on any atom is -0.330 e. The number of nitrogens with one attached hydrogen (secondary N) is 1. The van der Waals surface area contributed by atoms with Crippen LogP contribution in [-0.2, 0) is 13.0 Å². The molecule has 0 fully saturated rings. The monoisotopic (exact) mass is 269 g/mol. The van der Waals surface area contributed by atoms with Crippen molar-refractivity contribution >= 4 is 0 Å². The third-order valence-corrected chi connectivity index (χ3v) is 4.37. The van der Waals surface area contributed by atoms with Crippen LogP contribution in [0.4, 0.5) is 0 Å². The average Bonchev–Trinajstić information content (AvgIpc) is 2.78. The smallest absolute Gasteiger partial charge is 0.0955 e. The second-order valence-corrected chi connectivity index (χ2v) is 6.01. The van der Waals surface area contributed by atoms with Crippen molar-refractivity contribution in [2.75, 3.05) is 6.54 Å². The van der Waals surface area contributed by atoms with E-state index in [1.54, 1.807) is 0 Å². The number of hydrogen-bond acceptors (Lipinski definition) is 2. The van der Waals surface area contributed by atoms with Gasteiger partial charge < -0.3 is 9.88 Å². The number of rotatable bonds is 2. The molecular weight excluding hydrogens is 246 g/mol. The molecule has 1 aliphatic rings. The van der Waals surface area contributed by atoms with Crippen LogP contribution in [0.1, 0.15) is 46.6 Å². The summed E-state index contributed by atoms with van der Waals surface area (Å²) >= 11 is 0. The van der Waals surface area contributed by atoms with Gasteiger partial charge in [-0.25, -0.2) is 4.98 Å². The molecule has 1 unspecified atom stereocenters. The third-order valence-electron chi connectivity index (χ3n) is 4.37. The predicted octanol–water partition coefficient (Wildman–Crippen LogP) is 3.06. The molecule has 3 nitrogen and oxygen atoms in total. The van der Waals surface area contributed by atoms with E-state index in [0.717, 1.165) is 19.5 Å². The van der Waals surface area contributed by atoms with Gasteiger partial charge >= 0.3 is 0 Å². The highest BCUT2D eigenvalue weighted by atomic mass is 15.1. The van der Waals surface area contributed by atoms with Crippen molar-refractivity contribution in [2.24, 2.45) is 0 Å². The molecule has 0 aliphatic carbocycles. The number of aromatic nitrogens is 2. The van der Waals surface area contributed by atoms with Crippen molar-refractivity contribution in [2.45, 2.75) is 46.7 Å². The van der Waals surface area contributed by atoms with Gasteiger partial charge in [-0.1, -0.05) is 17.7 Å². The zero-order valence-electron chi connectivity index (χ0n) is 12.8. The molecule has 0 bridgehead atoms. The first-order valence-electron chi connectivity index (χ1n) is 7.40. The molecule has 0 amide bonds.